The molecule has 0 saturated carbocycles. The number of imidazole rings is 1. The fourth-order valence-corrected chi connectivity index (χ4v) is 3.14. The average molecular weight is 364 g/mol. The van der Waals surface area contributed by atoms with Gasteiger partial charge in [0, 0.05) is 28.5 Å². The molecule has 0 radical (unpaired) electrons. The van der Waals surface area contributed by atoms with Gasteiger partial charge in [0.1, 0.15) is 5.82 Å². The first-order valence-corrected chi connectivity index (χ1v) is 8.82. The molecule has 26 heavy (non-hydrogen) atoms. The smallest absolute Gasteiger partial charge is 0.145 e. The number of aliphatic hydroxyl groups is 1. The maximum Gasteiger partial charge on any atom is 0.145 e. The Kier molecular flexibility index (Phi) is 4.61. The van der Waals surface area contributed by atoms with E-state index in [-0.39, 0.29) is 6.61 Å². The van der Waals surface area contributed by atoms with Crippen LogP contribution in [0.25, 0.3) is 28.1 Å². The van der Waals surface area contributed by atoms with Crippen LogP contribution in [0.4, 0.5) is 5.69 Å². The largest absolute Gasteiger partial charge is 0.395 e. The lowest BCUT2D eigenvalue weighted by molar-refractivity contribution is 0.311. The molecule has 4 nitrogen and oxygen atoms in total. The molecule has 4 rings (SSSR count). The maximum atomic E-state index is 9.06. The van der Waals surface area contributed by atoms with E-state index in [0.29, 0.717) is 11.6 Å². The van der Waals surface area contributed by atoms with E-state index < -0.39 is 0 Å². The van der Waals surface area contributed by atoms with Crippen molar-refractivity contribution in [1.82, 2.24) is 9.55 Å². The van der Waals surface area contributed by atoms with E-state index in [2.05, 4.69) is 28.1 Å². The number of halogens is 1. The van der Waals surface area contributed by atoms with Crippen molar-refractivity contribution >= 4 is 28.3 Å². The van der Waals surface area contributed by atoms with E-state index in [1.165, 1.54) is 0 Å². The van der Waals surface area contributed by atoms with Gasteiger partial charge in [-0.25, -0.2) is 4.98 Å². The molecule has 4 aromatic rings. The summed E-state index contributed by atoms with van der Waals surface area (Å²) in [6.45, 7) is 0.598. The van der Waals surface area contributed by atoms with Gasteiger partial charge in [-0.2, -0.15) is 0 Å². The van der Waals surface area contributed by atoms with E-state index in [4.69, 9.17) is 21.7 Å². The summed E-state index contributed by atoms with van der Waals surface area (Å²) in [4.78, 5) is 4.85. The third kappa shape index (κ3) is 3.17. The van der Waals surface area contributed by atoms with Crippen LogP contribution in [0.5, 0.6) is 0 Å². The number of rotatable bonds is 5. The molecule has 0 fully saturated rings. The quantitative estimate of drug-likeness (QED) is 0.538. The zero-order valence-corrected chi connectivity index (χ0v) is 14.8. The Hall–Kier alpha value is -2.82. The van der Waals surface area contributed by atoms with Gasteiger partial charge < -0.3 is 10.4 Å². The average Bonchev–Trinajstić information content (AvgIpc) is 3.06. The third-order valence-corrected chi connectivity index (χ3v) is 4.46. The molecule has 0 atom stereocenters. The van der Waals surface area contributed by atoms with Crippen LogP contribution < -0.4 is 5.32 Å². The molecule has 5 heteroatoms. The first kappa shape index (κ1) is 16.6. The summed E-state index contributed by atoms with van der Waals surface area (Å²) < 4.78 is 2.14. The number of fused-ring (bicyclic) bond motifs is 1. The molecular weight excluding hydrogens is 346 g/mol. The zero-order valence-electron chi connectivity index (χ0n) is 14.1. The van der Waals surface area contributed by atoms with Crippen molar-refractivity contribution in [3.05, 3.63) is 77.8 Å². The molecular formula is C21H18ClN3O. The lowest BCUT2D eigenvalue weighted by Gasteiger charge is -2.10. The maximum absolute atomic E-state index is 9.06. The topological polar surface area (TPSA) is 50.1 Å². The molecule has 0 aliphatic carbocycles. The number of hydrogen-bond acceptors (Lipinski definition) is 3. The molecule has 130 valence electrons. The fraction of sp³-hybridized carbons (Fsp3) is 0.0952. The first-order valence-electron chi connectivity index (χ1n) is 8.45. The summed E-state index contributed by atoms with van der Waals surface area (Å²) in [5.41, 5.74) is 4.90. The molecule has 0 bridgehead atoms. The third-order valence-electron chi connectivity index (χ3n) is 4.21. The summed E-state index contributed by atoms with van der Waals surface area (Å²) >= 11 is 6.05. The van der Waals surface area contributed by atoms with E-state index in [9.17, 15) is 0 Å². The van der Waals surface area contributed by atoms with Crippen LogP contribution in [0, 0.1) is 0 Å². The Labute approximate surface area is 156 Å². The lowest BCUT2D eigenvalue weighted by atomic mass is 10.2. The van der Waals surface area contributed by atoms with Crippen molar-refractivity contribution in [3.8, 4) is 17.1 Å². The molecule has 0 spiro atoms. The van der Waals surface area contributed by atoms with Gasteiger partial charge in [0.25, 0.3) is 0 Å². The summed E-state index contributed by atoms with van der Waals surface area (Å²) in [6.07, 6.45) is 0. The monoisotopic (exact) mass is 363 g/mol. The van der Waals surface area contributed by atoms with Crippen molar-refractivity contribution in [2.45, 2.75) is 0 Å². The van der Waals surface area contributed by atoms with Crippen molar-refractivity contribution in [2.75, 3.05) is 18.5 Å². The van der Waals surface area contributed by atoms with Crippen LogP contribution in [-0.4, -0.2) is 27.8 Å². The van der Waals surface area contributed by atoms with Crippen LogP contribution in [0.2, 0.25) is 5.02 Å². The Morgan fingerprint density at radius 3 is 2.46 bits per heavy atom. The minimum Gasteiger partial charge on any atom is -0.395 e. The summed E-state index contributed by atoms with van der Waals surface area (Å²) in [5.74, 6) is 0.863. The second kappa shape index (κ2) is 7.20. The molecule has 1 heterocycles. The Bertz CT molecular complexity index is 1030. The number of aromatic nitrogens is 2. The van der Waals surface area contributed by atoms with Crippen molar-refractivity contribution in [2.24, 2.45) is 0 Å². The molecule has 0 aliphatic rings. The zero-order chi connectivity index (χ0) is 17.9. The summed E-state index contributed by atoms with van der Waals surface area (Å²) in [7, 11) is 0. The van der Waals surface area contributed by atoms with Crippen LogP contribution in [0.1, 0.15) is 0 Å². The van der Waals surface area contributed by atoms with Gasteiger partial charge in [0.2, 0.25) is 0 Å². The van der Waals surface area contributed by atoms with Gasteiger partial charge in [-0.05, 0) is 54.6 Å². The highest BCUT2D eigenvalue weighted by atomic mass is 35.5. The Morgan fingerprint density at radius 2 is 1.73 bits per heavy atom. The number of hydrogen-bond donors (Lipinski definition) is 2. The van der Waals surface area contributed by atoms with Crippen molar-refractivity contribution in [3.63, 3.8) is 0 Å². The molecule has 2 N–H and O–H groups in total. The standard InChI is InChI=1S/C21H18ClN3O/c22-16-8-6-15(7-9-16)21-24-19-11-10-17(23-12-13-26)14-20(19)25(21)18-4-2-1-3-5-18/h1-11,14,23,26H,12-13H2. The van der Waals surface area contributed by atoms with Gasteiger partial charge in [-0.3, -0.25) is 4.57 Å². The Morgan fingerprint density at radius 1 is 0.962 bits per heavy atom. The van der Waals surface area contributed by atoms with E-state index in [1.807, 2.05) is 54.6 Å². The number of aliphatic hydroxyl groups excluding tert-OH is 1. The second-order valence-electron chi connectivity index (χ2n) is 5.97. The Balaban J connectivity index is 1.94. The van der Waals surface area contributed by atoms with Crippen LogP contribution >= 0.6 is 11.6 Å². The van der Waals surface area contributed by atoms with E-state index in [0.717, 1.165) is 33.8 Å². The number of nitrogens with zero attached hydrogens (tertiary/aromatic N) is 2. The van der Waals surface area contributed by atoms with Gasteiger partial charge in [0.05, 0.1) is 17.6 Å². The molecule has 0 amide bonds. The first-order chi connectivity index (χ1) is 12.8. The number of nitrogens with one attached hydrogen (secondary N) is 1. The minimum absolute atomic E-state index is 0.0893. The van der Waals surface area contributed by atoms with Crippen LogP contribution in [0.15, 0.2) is 72.8 Å². The highest BCUT2D eigenvalue weighted by Gasteiger charge is 2.14. The van der Waals surface area contributed by atoms with Crippen molar-refractivity contribution in [1.29, 1.82) is 0 Å². The highest BCUT2D eigenvalue weighted by Crippen LogP contribution is 2.30. The summed E-state index contributed by atoms with van der Waals surface area (Å²) in [5, 5.41) is 13.0. The second-order valence-corrected chi connectivity index (χ2v) is 6.40. The van der Waals surface area contributed by atoms with Gasteiger partial charge >= 0.3 is 0 Å². The molecule has 1 aromatic heterocycles. The van der Waals surface area contributed by atoms with E-state index in [1.54, 1.807) is 0 Å². The van der Waals surface area contributed by atoms with Gasteiger partial charge in [-0.15, -0.1) is 0 Å². The van der Waals surface area contributed by atoms with E-state index >= 15 is 0 Å². The molecule has 0 saturated heterocycles. The molecule has 0 unspecified atom stereocenters. The van der Waals surface area contributed by atoms with Crippen LogP contribution in [-0.2, 0) is 0 Å². The fourth-order valence-electron chi connectivity index (χ4n) is 3.02. The normalized spacial score (nSPS) is 11.0. The SMILES string of the molecule is OCCNc1ccc2nc(-c3ccc(Cl)cc3)n(-c3ccccc3)c2c1. The predicted octanol–water partition coefficient (Wildman–Crippen LogP) is 4.75. The predicted molar refractivity (Wildman–Crippen MR) is 107 cm³/mol. The number of para-hydroxylation sites is 1. The highest BCUT2D eigenvalue weighted by molar-refractivity contribution is 6.30. The summed E-state index contributed by atoms with van der Waals surface area (Å²) in [6, 6.07) is 23.9. The van der Waals surface area contributed by atoms with Crippen LogP contribution in [0.3, 0.4) is 0 Å². The number of anilines is 1. The minimum atomic E-state index is 0.0893. The molecule has 3 aromatic carbocycles. The lowest BCUT2D eigenvalue weighted by Crippen LogP contribution is -2.05. The van der Waals surface area contributed by atoms with Crippen molar-refractivity contribution < 1.29 is 5.11 Å². The number of benzene rings is 3. The van der Waals surface area contributed by atoms with Gasteiger partial charge in [0.15, 0.2) is 0 Å². The van der Waals surface area contributed by atoms with Gasteiger partial charge in [-0.1, -0.05) is 29.8 Å². The molecule has 0 aliphatic heterocycles.